The van der Waals surface area contributed by atoms with E-state index in [2.05, 4.69) is 39.5 Å². The van der Waals surface area contributed by atoms with Gasteiger partial charge in [-0.3, -0.25) is 9.59 Å². The summed E-state index contributed by atoms with van der Waals surface area (Å²) in [6.07, 6.45) is 2.23. The number of thioether (sulfide) groups is 1. The normalized spacial score (nSPS) is 14.4. The van der Waals surface area contributed by atoms with E-state index in [4.69, 9.17) is 16.6 Å². The third kappa shape index (κ3) is 7.16. The second-order valence-corrected chi connectivity index (χ2v) is 11.6. The van der Waals surface area contributed by atoms with Crippen LogP contribution in [0.1, 0.15) is 46.8 Å². The van der Waals surface area contributed by atoms with Crippen LogP contribution in [0.3, 0.4) is 0 Å². The topological polar surface area (TPSA) is 75.2 Å². The number of ketones is 1. The zero-order valence-corrected chi connectivity index (χ0v) is 24.6. The molecule has 8 heteroatoms. The lowest BCUT2D eigenvalue weighted by molar-refractivity contribution is -0.123. The Morgan fingerprint density at radius 3 is 2.29 bits per heavy atom. The van der Waals surface area contributed by atoms with Crippen molar-refractivity contribution in [1.82, 2.24) is 15.3 Å². The standard InChI is InChI=1S/C33H33ClN4O2S/c1-24(39)33(28-13-6-3-7-14-28)16-19-38(20-17-33)30-22-29(34)36-32(37-30)41-23-26-11-8-12-27(21-26)31(40)35-18-15-25-9-4-2-5-10-25/h2-14,21-22H,15-20,23H2,1H3,(H,35,40). The fourth-order valence-electron chi connectivity index (χ4n) is 5.35. The van der Waals surface area contributed by atoms with E-state index in [9.17, 15) is 9.59 Å². The van der Waals surface area contributed by atoms with E-state index in [-0.39, 0.29) is 11.7 Å². The van der Waals surface area contributed by atoms with Crippen molar-refractivity contribution in [2.75, 3.05) is 24.5 Å². The quantitative estimate of drug-likeness (QED) is 0.130. The molecule has 2 heterocycles. The molecular formula is C33H33ClN4O2S. The Kier molecular flexibility index (Phi) is 9.37. The Labute approximate surface area is 250 Å². The average Bonchev–Trinajstić information content (AvgIpc) is 3.01. The largest absolute Gasteiger partial charge is 0.356 e. The highest BCUT2D eigenvalue weighted by Gasteiger charge is 2.40. The van der Waals surface area contributed by atoms with Crippen LogP contribution in [0.4, 0.5) is 5.82 Å². The number of hydrogen-bond acceptors (Lipinski definition) is 6. The van der Waals surface area contributed by atoms with Gasteiger partial charge in [-0.2, -0.15) is 0 Å². The summed E-state index contributed by atoms with van der Waals surface area (Å²) in [6.45, 7) is 3.68. The molecule has 0 unspecified atom stereocenters. The predicted molar refractivity (Wildman–Crippen MR) is 166 cm³/mol. The van der Waals surface area contributed by atoms with Crippen molar-refractivity contribution < 1.29 is 9.59 Å². The van der Waals surface area contributed by atoms with Gasteiger partial charge in [-0.1, -0.05) is 96.2 Å². The smallest absolute Gasteiger partial charge is 0.251 e. The Balaban J connectivity index is 1.19. The molecule has 0 radical (unpaired) electrons. The van der Waals surface area contributed by atoms with Gasteiger partial charge in [-0.15, -0.1) is 0 Å². The van der Waals surface area contributed by atoms with Gasteiger partial charge in [0.15, 0.2) is 5.16 Å². The number of Topliss-reactive ketones (excluding diaryl/α,β-unsaturated/α-hetero) is 1. The van der Waals surface area contributed by atoms with Crippen LogP contribution in [0.2, 0.25) is 5.15 Å². The summed E-state index contributed by atoms with van der Waals surface area (Å²) >= 11 is 7.90. The summed E-state index contributed by atoms with van der Waals surface area (Å²) in [6, 6.07) is 29.6. The summed E-state index contributed by atoms with van der Waals surface area (Å²) in [7, 11) is 0. The van der Waals surface area contributed by atoms with E-state index >= 15 is 0 Å². The van der Waals surface area contributed by atoms with E-state index < -0.39 is 5.41 Å². The summed E-state index contributed by atoms with van der Waals surface area (Å²) < 4.78 is 0. The van der Waals surface area contributed by atoms with Gasteiger partial charge in [-0.25, -0.2) is 9.97 Å². The number of aromatic nitrogens is 2. The van der Waals surface area contributed by atoms with E-state index in [1.165, 1.54) is 17.3 Å². The molecular weight excluding hydrogens is 552 g/mol. The molecule has 0 bridgehead atoms. The number of carbonyl (C=O) groups is 2. The molecule has 0 saturated carbocycles. The van der Waals surface area contributed by atoms with Crippen molar-refractivity contribution in [3.8, 4) is 0 Å². The predicted octanol–water partition coefficient (Wildman–Crippen LogP) is 6.52. The van der Waals surface area contributed by atoms with Crippen molar-refractivity contribution in [1.29, 1.82) is 0 Å². The first kappa shape index (κ1) is 28.8. The molecule has 1 fully saturated rings. The molecule has 1 aliphatic rings. The van der Waals surface area contributed by atoms with Crippen molar-refractivity contribution in [3.63, 3.8) is 0 Å². The minimum absolute atomic E-state index is 0.0867. The molecule has 1 saturated heterocycles. The van der Waals surface area contributed by atoms with Gasteiger partial charge < -0.3 is 10.2 Å². The minimum Gasteiger partial charge on any atom is -0.356 e. The first-order valence-electron chi connectivity index (χ1n) is 13.8. The van der Waals surface area contributed by atoms with Crippen LogP contribution in [-0.2, 0) is 22.4 Å². The second-order valence-electron chi connectivity index (χ2n) is 10.3. The third-order valence-corrected chi connectivity index (χ3v) is 8.81. The van der Waals surface area contributed by atoms with Crippen molar-refractivity contribution in [3.05, 3.63) is 118 Å². The molecule has 210 valence electrons. The van der Waals surface area contributed by atoms with Gasteiger partial charge in [0.25, 0.3) is 5.91 Å². The summed E-state index contributed by atoms with van der Waals surface area (Å²) in [5.41, 5.74) is 3.44. The summed E-state index contributed by atoms with van der Waals surface area (Å²) in [5, 5.41) is 3.97. The molecule has 0 aliphatic carbocycles. The van der Waals surface area contributed by atoms with Crippen LogP contribution in [-0.4, -0.2) is 41.3 Å². The molecule has 1 aliphatic heterocycles. The molecule has 1 aromatic heterocycles. The van der Waals surface area contributed by atoms with Crippen LogP contribution >= 0.6 is 23.4 Å². The van der Waals surface area contributed by atoms with Gasteiger partial charge >= 0.3 is 0 Å². The molecule has 0 atom stereocenters. The van der Waals surface area contributed by atoms with Gasteiger partial charge in [0.05, 0.1) is 5.41 Å². The molecule has 0 spiro atoms. The van der Waals surface area contributed by atoms with Crippen molar-refractivity contribution in [2.24, 2.45) is 0 Å². The molecule has 5 rings (SSSR count). The average molecular weight is 585 g/mol. The molecule has 1 N–H and O–H groups in total. The number of nitrogens with zero attached hydrogens (tertiary/aromatic N) is 3. The molecule has 1 amide bonds. The van der Waals surface area contributed by atoms with E-state index in [0.29, 0.717) is 41.3 Å². The lowest BCUT2D eigenvalue weighted by Crippen LogP contribution is -2.47. The number of halogens is 1. The molecule has 3 aromatic carbocycles. The molecule has 6 nitrogen and oxygen atoms in total. The number of anilines is 1. The molecule has 41 heavy (non-hydrogen) atoms. The fraction of sp³-hybridized carbons (Fsp3) is 0.273. The first-order chi connectivity index (χ1) is 19.9. The number of rotatable bonds is 10. The van der Waals surface area contributed by atoms with Crippen molar-refractivity contribution in [2.45, 2.75) is 42.5 Å². The first-order valence-corrected chi connectivity index (χ1v) is 15.2. The maximum atomic E-state index is 12.8. The Morgan fingerprint density at radius 2 is 1.59 bits per heavy atom. The third-order valence-electron chi connectivity index (χ3n) is 7.70. The number of nitrogens with one attached hydrogen (secondary N) is 1. The van der Waals surface area contributed by atoms with Crippen LogP contribution in [0.25, 0.3) is 0 Å². The second kappa shape index (κ2) is 13.3. The highest BCUT2D eigenvalue weighted by atomic mass is 35.5. The summed E-state index contributed by atoms with van der Waals surface area (Å²) in [4.78, 5) is 36.9. The molecule has 4 aromatic rings. The Morgan fingerprint density at radius 1 is 0.902 bits per heavy atom. The maximum absolute atomic E-state index is 12.8. The van der Waals surface area contributed by atoms with Crippen LogP contribution in [0.15, 0.2) is 96.2 Å². The maximum Gasteiger partial charge on any atom is 0.251 e. The minimum atomic E-state index is -0.467. The van der Waals surface area contributed by atoms with Crippen LogP contribution in [0, 0.1) is 0 Å². The highest BCUT2D eigenvalue weighted by molar-refractivity contribution is 7.98. The highest BCUT2D eigenvalue weighted by Crippen LogP contribution is 2.38. The number of hydrogen-bond donors (Lipinski definition) is 1. The number of benzene rings is 3. The van der Waals surface area contributed by atoms with Crippen LogP contribution < -0.4 is 10.2 Å². The number of carbonyl (C=O) groups excluding carboxylic acids is 2. The van der Waals surface area contributed by atoms with E-state index in [1.54, 1.807) is 13.0 Å². The number of amides is 1. The zero-order valence-electron chi connectivity index (χ0n) is 23.1. The zero-order chi connectivity index (χ0) is 28.7. The van der Waals surface area contributed by atoms with E-state index in [1.807, 2.05) is 60.7 Å². The lowest BCUT2D eigenvalue weighted by Gasteiger charge is -2.41. The Bertz CT molecular complexity index is 1490. The summed E-state index contributed by atoms with van der Waals surface area (Å²) in [5.74, 6) is 1.49. The van der Waals surface area contributed by atoms with Gasteiger partial charge in [0.2, 0.25) is 0 Å². The monoisotopic (exact) mass is 584 g/mol. The van der Waals surface area contributed by atoms with Gasteiger partial charge in [0.1, 0.15) is 16.8 Å². The van der Waals surface area contributed by atoms with Gasteiger partial charge in [-0.05, 0) is 55.0 Å². The Hall–Kier alpha value is -3.68. The fourth-order valence-corrected chi connectivity index (χ4v) is 6.37. The van der Waals surface area contributed by atoms with Gasteiger partial charge in [0, 0.05) is 37.0 Å². The SMILES string of the molecule is CC(=O)C1(c2ccccc2)CCN(c2cc(Cl)nc(SCc3cccc(C(=O)NCCc4ccccc4)c3)n2)CC1. The van der Waals surface area contributed by atoms with E-state index in [0.717, 1.165) is 36.2 Å². The lowest BCUT2D eigenvalue weighted by atomic mass is 9.70. The van der Waals surface area contributed by atoms with Crippen LogP contribution in [0.5, 0.6) is 0 Å². The van der Waals surface area contributed by atoms with Crippen molar-refractivity contribution >= 4 is 40.9 Å². The number of piperidine rings is 1.